The summed E-state index contributed by atoms with van der Waals surface area (Å²) in [6, 6.07) is 8.05. The number of Topliss-reactive ketones (excluding diaryl/α,β-unsaturated/α-hetero) is 1. The number of imidazole rings is 1. The van der Waals surface area contributed by atoms with E-state index in [1.54, 1.807) is 17.5 Å². The van der Waals surface area contributed by atoms with Crippen LogP contribution in [0.2, 0.25) is 0 Å². The molecular formula is C24H26N8OS2. The maximum Gasteiger partial charge on any atom is 0.234 e. The molecule has 9 nitrogen and oxygen atoms in total. The number of hydrogen-bond donors (Lipinski definition) is 2. The standard InChI is InChI=1S/C24H26N8OS2/c1-16-14-27-23(34-16)30-22-28-21(26-9-2-11-32-12-10-25-15-32)29-24(31-22)35-19-7-3-17(4-8-19)13-20(33)18-5-6-18/h3-4,7-8,10,12,14-15,18H,2,5-6,9,11,13H2,1H3,(H2,26,27,28,29,30,31). The van der Waals surface area contributed by atoms with Crippen LogP contribution in [0, 0.1) is 12.8 Å². The average Bonchev–Trinajstić information content (AvgIpc) is 3.43. The van der Waals surface area contributed by atoms with Crippen LogP contribution in [0.5, 0.6) is 0 Å². The van der Waals surface area contributed by atoms with E-state index in [0.29, 0.717) is 35.8 Å². The quantitative estimate of drug-likeness (QED) is 0.263. The zero-order valence-corrected chi connectivity index (χ0v) is 21.0. The topological polar surface area (TPSA) is 111 Å². The summed E-state index contributed by atoms with van der Waals surface area (Å²) in [5.74, 6) is 1.59. The van der Waals surface area contributed by atoms with Gasteiger partial charge in [-0.15, -0.1) is 11.3 Å². The molecule has 180 valence electrons. The highest BCUT2D eigenvalue weighted by Crippen LogP contribution is 2.32. The minimum absolute atomic E-state index is 0.285. The molecule has 3 aromatic heterocycles. The lowest BCUT2D eigenvalue weighted by atomic mass is 10.1. The highest BCUT2D eigenvalue weighted by Gasteiger charge is 2.29. The third kappa shape index (κ3) is 6.86. The van der Waals surface area contributed by atoms with E-state index in [1.165, 1.54) is 11.8 Å². The number of ketones is 1. The first-order valence-corrected chi connectivity index (χ1v) is 13.2. The third-order valence-electron chi connectivity index (χ3n) is 5.43. The number of thiazole rings is 1. The Morgan fingerprint density at radius 1 is 1.17 bits per heavy atom. The first kappa shape index (κ1) is 23.4. The molecule has 0 aliphatic heterocycles. The summed E-state index contributed by atoms with van der Waals surface area (Å²) in [5, 5.41) is 7.82. The van der Waals surface area contributed by atoms with Crippen molar-refractivity contribution in [1.29, 1.82) is 0 Å². The Balaban J connectivity index is 1.26. The molecule has 0 spiro atoms. The Labute approximate surface area is 211 Å². The molecule has 0 saturated heterocycles. The smallest absolute Gasteiger partial charge is 0.234 e. The van der Waals surface area contributed by atoms with E-state index in [9.17, 15) is 4.79 Å². The molecule has 5 rings (SSSR count). The Bertz CT molecular complexity index is 1270. The molecule has 2 N–H and O–H groups in total. The van der Waals surface area contributed by atoms with Crippen LogP contribution in [-0.2, 0) is 17.8 Å². The molecule has 1 aliphatic rings. The molecule has 3 heterocycles. The largest absolute Gasteiger partial charge is 0.354 e. The summed E-state index contributed by atoms with van der Waals surface area (Å²) in [6.07, 6.45) is 10.8. The lowest BCUT2D eigenvalue weighted by Crippen LogP contribution is -2.11. The number of anilines is 3. The zero-order valence-electron chi connectivity index (χ0n) is 19.3. The summed E-state index contributed by atoms with van der Waals surface area (Å²) < 4.78 is 2.04. The highest BCUT2D eigenvalue weighted by atomic mass is 32.2. The summed E-state index contributed by atoms with van der Waals surface area (Å²) in [7, 11) is 0. The van der Waals surface area contributed by atoms with E-state index in [4.69, 9.17) is 0 Å². The van der Waals surface area contributed by atoms with Gasteiger partial charge in [0.05, 0.1) is 6.33 Å². The number of rotatable bonds is 12. The van der Waals surface area contributed by atoms with Gasteiger partial charge in [0.25, 0.3) is 0 Å². The van der Waals surface area contributed by atoms with Crippen molar-refractivity contribution < 1.29 is 4.79 Å². The molecule has 0 atom stereocenters. The van der Waals surface area contributed by atoms with Gasteiger partial charge in [0, 0.05) is 53.8 Å². The summed E-state index contributed by atoms with van der Waals surface area (Å²) in [5.41, 5.74) is 1.05. The van der Waals surface area contributed by atoms with Crippen LogP contribution in [0.4, 0.5) is 17.0 Å². The van der Waals surface area contributed by atoms with Gasteiger partial charge in [-0.05, 0) is 55.6 Å². The first-order chi connectivity index (χ1) is 17.1. The number of carbonyl (C=O) groups is 1. The molecule has 4 aromatic rings. The molecule has 0 amide bonds. The first-order valence-electron chi connectivity index (χ1n) is 11.6. The molecule has 1 saturated carbocycles. The minimum Gasteiger partial charge on any atom is -0.354 e. The van der Waals surface area contributed by atoms with E-state index < -0.39 is 0 Å². The molecule has 35 heavy (non-hydrogen) atoms. The number of aryl methyl sites for hydroxylation is 2. The van der Waals surface area contributed by atoms with Gasteiger partial charge in [0.2, 0.25) is 11.9 Å². The number of carbonyl (C=O) groups excluding carboxylic acids is 1. The second kappa shape index (κ2) is 11.0. The second-order valence-corrected chi connectivity index (χ2v) is 10.7. The minimum atomic E-state index is 0.285. The zero-order chi connectivity index (χ0) is 24.0. The predicted octanol–water partition coefficient (Wildman–Crippen LogP) is 4.75. The SMILES string of the molecule is Cc1cnc(Nc2nc(NCCCn3ccnc3)nc(Sc3ccc(CC(=O)C4CC4)cc3)n2)s1. The fourth-order valence-electron chi connectivity index (χ4n) is 3.46. The van der Waals surface area contributed by atoms with Crippen molar-refractivity contribution in [3.63, 3.8) is 0 Å². The molecule has 1 aromatic carbocycles. The molecule has 1 aliphatic carbocycles. The molecular weight excluding hydrogens is 480 g/mol. The van der Waals surface area contributed by atoms with Gasteiger partial charge >= 0.3 is 0 Å². The van der Waals surface area contributed by atoms with Crippen LogP contribution in [-0.4, -0.2) is 41.8 Å². The van der Waals surface area contributed by atoms with Gasteiger partial charge in [-0.3, -0.25) is 10.1 Å². The fourth-order valence-corrected chi connectivity index (χ4v) is 4.86. The average molecular weight is 507 g/mol. The van der Waals surface area contributed by atoms with Crippen LogP contribution in [0.25, 0.3) is 0 Å². The Morgan fingerprint density at radius 2 is 2.00 bits per heavy atom. The van der Waals surface area contributed by atoms with Crippen LogP contribution in [0.1, 0.15) is 29.7 Å². The number of nitrogens with zero attached hydrogens (tertiary/aromatic N) is 6. The van der Waals surface area contributed by atoms with Crippen molar-refractivity contribution >= 4 is 45.9 Å². The Morgan fingerprint density at radius 3 is 2.71 bits per heavy atom. The lowest BCUT2D eigenvalue weighted by Gasteiger charge is -2.10. The van der Waals surface area contributed by atoms with Crippen LogP contribution in [0.3, 0.4) is 0 Å². The van der Waals surface area contributed by atoms with Crippen molar-refractivity contribution in [1.82, 2.24) is 29.5 Å². The summed E-state index contributed by atoms with van der Waals surface area (Å²) in [4.78, 5) is 36.4. The van der Waals surface area contributed by atoms with Crippen molar-refractivity contribution in [3.05, 3.63) is 59.6 Å². The van der Waals surface area contributed by atoms with Gasteiger partial charge in [0.1, 0.15) is 5.78 Å². The van der Waals surface area contributed by atoms with E-state index in [2.05, 4.69) is 35.6 Å². The molecule has 0 radical (unpaired) electrons. The van der Waals surface area contributed by atoms with Crippen molar-refractivity contribution in [2.75, 3.05) is 17.2 Å². The van der Waals surface area contributed by atoms with E-state index in [-0.39, 0.29) is 5.92 Å². The maximum absolute atomic E-state index is 12.1. The second-order valence-electron chi connectivity index (χ2n) is 8.41. The van der Waals surface area contributed by atoms with Gasteiger partial charge in [-0.25, -0.2) is 9.97 Å². The lowest BCUT2D eigenvalue weighted by molar-refractivity contribution is -0.119. The van der Waals surface area contributed by atoms with Gasteiger partial charge in [-0.1, -0.05) is 12.1 Å². The molecule has 0 unspecified atom stereocenters. The van der Waals surface area contributed by atoms with Crippen molar-refractivity contribution in [2.45, 2.75) is 49.2 Å². The normalized spacial score (nSPS) is 13.1. The Hall–Kier alpha value is -3.31. The van der Waals surface area contributed by atoms with Gasteiger partial charge in [-0.2, -0.15) is 15.0 Å². The number of nitrogens with one attached hydrogen (secondary N) is 2. The molecule has 1 fully saturated rings. The van der Waals surface area contributed by atoms with Crippen LogP contribution >= 0.6 is 23.1 Å². The number of aromatic nitrogens is 6. The molecule has 11 heteroatoms. The predicted molar refractivity (Wildman–Crippen MR) is 137 cm³/mol. The summed E-state index contributed by atoms with van der Waals surface area (Å²) in [6.45, 7) is 3.58. The van der Waals surface area contributed by atoms with Crippen molar-refractivity contribution in [2.24, 2.45) is 5.92 Å². The fraction of sp³-hybridized carbons (Fsp3) is 0.333. The van der Waals surface area contributed by atoms with Gasteiger partial charge in [0.15, 0.2) is 10.3 Å². The molecule has 0 bridgehead atoms. The Kier molecular flexibility index (Phi) is 7.34. The monoisotopic (exact) mass is 506 g/mol. The van der Waals surface area contributed by atoms with Crippen LogP contribution < -0.4 is 10.6 Å². The van der Waals surface area contributed by atoms with Crippen molar-refractivity contribution in [3.8, 4) is 0 Å². The number of benzene rings is 1. The highest BCUT2D eigenvalue weighted by molar-refractivity contribution is 7.99. The van der Waals surface area contributed by atoms with E-state index >= 15 is 0 Å². The third-order valence-corrected chi connectivity index (χ3v) is 7.14. The maximum atomic E-state index is 12.1. The van der Waals surface area contributed by atoms with Gasteiger partial charge < -0.3 is 9.88 Å². The summed E-state index contributed by atoms with van der Waals surface area (Å²) >= 11 is 3.00. The van der Waals surface area contributed by atoms with E-state index in [1.807, 2.05) is 54.5 Å². The van der Waals surface area contributed by atoms with E-state index in [0.717, 1.165) is 46.3 Å². The van der Waals surface area contributed by atoms with Crippen LogP contribution in [0.15, 0.2) is 59.2 Å². The number of hydrogen-bond acceptors (Lipinski definition) is 10.